The lowest BCUT2D eigenvalue weighted by Crippen LogP contribution is -1.79. The van der Waals surface area contributed by atoms with Gasteiger partial charge in [-0.3, -0.25) is 0 Å². The van der Waals surface area contributed by atoms with Crippen molar-refractivity contribution >= 4 is 7.28 Å². The Kier molecular flexibility index (Phi) is 4.98. The molecule has 49 valence electrons. The first-order valence-electron chi connectivity index (χ1n) is 2.83. The fourth-order valence-corrected chi connectivity index (χ4v) is 0.372. The smallest absolute Gasteiger partial charge is 0.138 e. The number of nitrogens with two attached hydrogens (primary N) is 1. The maximum absolute atomic E-state index is 12.1. The molecule has 0 bridgehead atoms. The van der Waals surface area contributed by atoms with Gasteiger partial charge in [-0.15, -0.1) is 0 Å². The molecule has 0 amide bonds. The lowest BCUT2D eigenvalue weighted by Gasteiger charge is -1.82. The summed E-state index contributed by atoms with van der Waals surface area (Å²) in [6.45, 7) is 1.91. The molecular weight excluding hydrogens is 116 g/mol. The van der Waals surface area contributed by atoms with Crippen LogP contribution in [0.4, 0.5) is 4.39 Å². The summed E-state index contributed by atoms with van der Waals surface area (Å²) in [5.74, 6) is -0.392. The van der Waals surface area contributed by atoms with Crippen LogP contribution in [-0.2, 0) is 0 Å². The Morgan fingerprint density at radius 1 is 1.78 bits per heavy atom. The van der Waals surface area contributed by atoms with E-state index in [1.807, 2.05) is 14.1 Å². The summed E-state index contributed by atoms with van der Waals surface area (Å²) in [6.07, 6.45) is 4.77. The van der Waals surface area contributed by atoms with Crippen LogP contribution in [0.5, 0.6) is 0 Å². The van der Waals surface area contributed by atoms with Crippen molar-refractivity contribution in [3.05, 3.63) is 24.2 Å². The SMILES string of the molecule is C[B]C/C=C\C(F)=C/N. The standard InChI is InChI=1S/C6H10BFN/c1-7-4-2-3-6(8)5-9/h2-3,5H,4,9H2,1H3/b3-2-,6-5+. The van der Waals surface area contributed by atoms with Crippen molar-refractivity contribution in [1.29, 1.82) is 0 Å². The van der Waals surface area contributed by atoms with Crippen LogP contribution in [0.15, 0.2) is 24.2 Å². The molecule has 0 rings (SSSR count). The second kappa shape index (κ2) is 5.41. The summed E-state index contributed by atoms with van der Waals surface area (Å²) in [5.41, 5.74) is 4.86. The van der Waals surface area contributed by atoms with E-state index >= 15 is 0 Å². The molecule has 0 heterocycles. The van der Waals surface area contributed by atoms with E-state index in [2.05, 4.69) is 0 Å². The van der Waals surface area contributed by atoms with Gasteiger partial charge in [-0.25, -0.2) is 4.39 Å². The predicted molar refractivity (Wildman–Crippen MR) is 38.9 cm³/mol. The van der Waals surface area contributed by atoms with E-state index in [1.54, 1.807) is 6.08 Å². The molecule has 0 unspecified atom stereocenters. The van der Waals surface area contributed by atoms with E-state index in [1.165, 1.54) is 6.08 Å². The van der Waals surface area contributed by atoms with Crippen LogP contribution in [0.3, 0.4) is 0 Å². The number of hydrogen-bond acceptors (Lipinski definition) is 1. The second-order valence-electron chi connectivity index (χ2n) is 1.60. The number of rotatable bonds is 3. The van der Waals surface area contributed by atoms with Crippen LogP contribution >= 0.6 is 0 Å². The van der Waals surface area contributed by atoms with Crippen molar-refractivity contribution in [2.45, 2.75) is 13.1 Å². The Morgan fingerprint density at radius 3 is 2.89 bits per heavy atom. The molecule has 9 heavy (non-hydrogen) atoms. The minimum absolute atomic E-state index is 0.392. The third kappa shape index (κ3) is 5.14. The lowest BCUT2D eigenvalue weighted by atomic mass is 9.78. The summed E-state index contributed by atoms with van der Waals surface area (Å²) >= 11 is 0. The first-order valence-corrected chi connectivity index (χ1v) is 2.83. The van der Waals surface area contributed by atoms with Gasteiger partial charge in [0, 0.05) is 6.20 Å². The molecule has 0 atom stereocenters. The Labute approximate surface area is 55.7 Å². The molecule has 0 fully saturated rings. The minimum Gasteiger partial charge on any atom is -0.402 e. The molecular formula is C6H10BFN. The van der Waals surface area contributed by atoms with Gasteiger partial charge < -0.3 is 5.73 Å². The number of allylic oxidation sites excluding steroid dienone is 3. The zero-order valence-corrected chi connectivity index (χ0v) is 5.47. The fraction of sp³-hybridized carbons (Fsp3) is 0.333. The third-order valence-corrected chi connectivity index (χ3v) is 0.808. The molecule has 1 radical (unpaired) electrons. The second-order valence-corrected chi connectivity index (χ2v) is 1.60. The van der Waals surface area contributed by atoms with E-state index in [9.17, 15) is 4.39 Å². The zero-order valence-electron chi connectivity index (χ0n) is 5.47. The van der Waals surface area contributed by atoms with Crippen LogP contribution < -0.4 is 5.73 Å². The molecule has 0 aliphatic carbocycles. The normalized spacial score (nSPS) is 12.4. The lowest BCUT2D eigenvalue weighted by molar-refractivity contribution is 0.663. The summed E-state index contributed by atoms with van der Waals surface area (Å²) in [7, 11) is 1.93. The molecule has 0 aromatic carbocycles. The van der Waals surface area contributed by atoms with Crippen LogP contribution in [-0.4, -0.2) is 7.28 Å². The first kappa shape index (κ1) is 8.27. The molecule has 0 aliphatic rings. The monoisotopic (exact) mass is 126 g/mol. The van der Waals surface area contributed by atoms with Crippen molar-refractivity contribution in [3.8, 4) is 0 Å². The molecule has 1 nitrogen and oxygen atoms in total. The van der Waals surface area contributed by atoms with Crippen LogP contribution in [0.25, 0.3) is 0 Å². The predicted octanol–water partition coefficient (Wildman–Crippen LogP) is 1.48. The van der Waals surface area contributed by atoms with E-state index < -0.39 is 5.83 Å². The molecule has 0 saturated carbocycles. The highest BCUT2D eigenvalue weighted by Crippen LogP contribution is 1.95. The Morgan fingerprint density at radius 2 is 2.44 bits per heavy atom. The van der Waals surface area contributed by atoms with E-state index in [0.717, 1.165) is 12.5 Å². The maximum Gasteiger partial charge on any atom is 0.138 e. The van der Waals surface area contributed by atoms with Gasteiger partial charge in [0.2, 0.25) is 0 Å². The summed E-state index contributed by atoms with van der Waals surface area (Å²) in [5, 5.41) is 0. The van der Waals surface area contributed by atoms with Crippen molar-refractivity contribution in [2.75, 3.05) is 0 Å². The van der Waals surface area contributed by atoms with Gasteiger partial charge in [-0.1, -0.05) is 19.2 Å². The molecule has 0 saturated heterocycles. The highest BCUT2D eigenvalue weighted by Gasteiger charge is 1.81. The Hall–Kier alpha value is -0.725. The molecule has 0 aromatic rings. The summed E-state index contributed by atoms with van der Waals surface area (Å²) in [4.78, 5) is 0. The Bertz CT molecular complexity index is 120. The Balaban J connectivity index is 3.45. The average molecular weight is 126 g/mol. The summed E-state index contributed by atoms with van der Waals surface area (Å²) < 4.78 is 12.1. The van der Waals surface area contributed by atoms with Crippen molar-refractivity contribution in [3.63, 3.8) is 0 Å². The van der Waals surface area contributed by atoms with Gasteiger partial charge in [-0.2, -0.15) is 0 Å². The van der Waals surface area contributed by atoms with Crippen LogP contribution in [0, 0.1) is 0 Å². The zero-order chi connectivity index (χ0) is 7.11. The van der Waals surface area contributed by atoms with Crippen molar-refractivity contribution < 1.29 is 4.39 Å². The van der Waals surface area contributed by atoms with Gasteiger partial charge in [0.1, 0.15) is 13.1 Å². The molecule has 0 aliphatic heterocycles. The number of hydrogen-bond donors (Lipinski definition) is 1. The van der Waals surface area contributed by atoms with E-state index in [-0.39, 0.29) is 0 Å². The van der Waals surface area contributed by atoms with Crippen molar-refractivity contribution in [2.24, 2.45) is 5.73 Å². The average Bonchev–Trinajstić information content (AvgIpc) is 1.89. The van der Waals surface area contributed by atoms with Crippen LogP contribution in [0.1, 0.15) is 0 Å². The highest BCUT2D eigenvalue weighted by atomic mass is 19.1. The van der Waals surface area contributed by atoms with Gasteiger partial charge >= 0.3 is 0 Å². The largest absolute Gasteiger partial charge is 0.402 e. The maximum atomic E-state index is 12.1. The van der Waals surface area contributed by atoms with Gasteiger partial charge in [0.05, 0.1) is 0 Å². The van der Waals surface area contributed by atoms with Gasteiger partial charge in [0.25, 0.3) is 0 Å². The van der Waals surface area contributed by atoms with Crippen molar-refractivity contribution in [1.82, 2.24) is 0 Å². The van der Waals surface area contributed by atoms with Gasteiger partial charge in [0.15, 0.2) is 0 Å². The minimum atomic E-state index is -0.392. The third-order valence-electron chi connectivity index (χ3n) is 0.808. The molecule has 2 N–H and O–H groups in total. The summed E-state index contributed by atoms with van der Waals surface area (Å²) in [6, 6.07) is 0. The van der Waals surface area contributed by atoms with Gasteiger partial charge in [-0.05, 0) is 6.08 Å². The molecule has 3 heteroatoms. The molecule has 0 aromatic heterocycles. The fourth-order valence-electron chi connectivity index (χ4n) is 0.372. The quantitative estimate of drug-likeness (QED) is 0.449. The van der Waals surface area contributed by atoms with E-state index in [4.69, 9.17) is 5.73 Å². The van der Waals surface area contributed by atoms with E-state index in [0.29, 0.717) is 0 Å². The van der Waals surface area contributed by atoms with Crippen LogP contribution in [0.2, 0.25) is 13.1 Å². The topological polar surface area (TPSA) is 26.0 Å². The number of halogens is 1. The first-order chi connectivity index (χ1) is 4.31. The highest BCUT2D eigenvalue weighted by molar-refractivity contribution is 6.34. The molecule has 0 spiro atoms.